The van der Waals surface area contributed by atoms with Gasteiger partial charge in [-0.2, -0.15) is 0 Å². The van der Waals surface area contributed by atoms with Crippen LogP contribution in [-0.2, 0) is 0 Å². The molecule has 0 radical (unpaired) electrons. The Hall–Kier alpha value is -2.10. The molecular formula is C15H18N2O2. The highest BCUT2D eigenvalue weighted by atomic mass is 16.4. The summed E-state index contributed by atoms with van der Waals surface area (Å²) in [6.45, 7) is 3.02. The van der Waals surface area contributed by atoms with Crippen LogP contribution in [0.1, 0.15) is 36.5 Å². The second kappa shape index (κ2) is 6.18. The predicted octanol–water partition coefficient (Wildman–Crippen LogP) is 3.54. The topological polar surface area (TPSA) is 62.2 Å². The summed E-state index contributed by atoms with van der Waals surface area (Å²) in [5.41, 5.74) is 0.289. The Bertz CT molecular complexity index is 581. The maximum atomic E-state index is 11.0. The van der Waals surface area contributed by atoms with Crippen molar-refractivity contribution >= 4 is 22.6 Å². The molecular weight excluding hydrogens is 240 g/mol. The molecule has 19 heavy (non-hydrogen) atoms. The molecule has 0 bridgehead atoms. The van der Waals surface area contributed by atoms with E-state index in [4.69, 9.17) is 5.11 Å². The van der Waals surface area contributed by atoms with Crippen LogP contribution in [0.25, 0.3) is 10.8 Å². The van der Waals surface area contributed by atoms with E-state index in [1.54, 1.807) is 18.3 Å². The minimum Gasteiger partial charge on any atom is -0.478 e. The fourth-order valence-electron chi connectivity index (χ4n) is 2.02. The monoisotopic (exact) mass is 258 g/mol. The minimum absolute atomic E-state index is 0.289. The number of carbonyl (C=O) groups is 1. The third kappa shape index (κ3) is 3.22. The quantitative estimate of drug-likeness (QED) is 0.778. The molecule has 1 aromatic heterocycles. The van der Waals surface area contributed by atoms with Crippen molar-refractivity contribution in [1.29, 1.82) is 0 Å². The summed E-state index contributed by atoms with van der Waals surface area (Å²) < 4.78 is 0. The molecule has 2 rings (SSSR count). The van der Waals surface area contributed by atoms with E-state index < -0.39 is 5.97 Å². The van der Waals surface area contributed by atoms with Gasteiger partial charge >= 0.3 is 5.97 Å². The molecule has 2 aromatic rings. The van der Waals surface area contributed by atoms with E-state index in [0.29, 0.717) is 0 Å². The zero-order chi connectivity index (χ0) is 13.7. The van der Waals surface area contributed by atoms with Crippen LogP contribution in [-0.4, -0.2) is 22.6 Å². The Labute approximate surface area is 112 Å². The second-order valence-electron chi connectivity index (χ2n) is 4.53. The van der Waals surface area contributed by atoms with Gasteiger partial charge in [0.05, 0.1) is 5.56 Å². The highest BCUT2D eigenvalue weighted by molar-refractivity contribution is 5.98. The number of anilines is 1. The first-order chi connectivity index (χ1) is 9.22. The molecule has 0 aliphatic carbocycles. The van der Waals surface area contributed by atoms with Gasteiger partial charge in [0.2, 0.25) is 0 Å². The Morgan fingerprint density at radius 1 is 1.32 bits per heavy atom. The Balaban J connectivity index is 2.26. The lowest BCUT2D eigenvalue weighted by molar-refractivity contribution is 0.0697. The number of aromatic carboxylic acids is 1. The van der Waals surface area contributed by atoms with E-state index in [2.05, 4.69) is 17.2 Å². The van der Waals surface area contributed by atoms with E-state index in [-0.39, 0.29) is 5.56 Å². The number of nitrogens with one attached hydrogen (secondary N) is 1. The van der Waals surface area contributed by atoms with Gasteiger partial charge in [0, 0.05) is 18.1 Å². The zero-order valence-corrected chi connectivity index (χ0v) is 11.0. The van der Waals surface area contributed by atoms with Gasteiger partial charge in [0.1, 0.15) is 5.82 Å². The van der Waals surface area contributed by atoms with Gasteiger partial charge in [-0.1, -0.05) is 25.8 Å². The fraction of sp³-hybridized carbons (Fsp3) is 0.333. The predicted molar refractivity (Wildman–Crippen MR) is 76.7 cm³/mol. The lowest BCUT2D eigenvalue weighted by Crippen LogP contribution is -2.04. The highest BCUT2D eigenvalue weighted by Gasteiger charge is 2.07. The van der Waals surface area contributed by atoms with Crippen molar-refractivity contribution in [2.24, 2.45) is 0 Å². The molecule has 0 aliphatic rings. The van der Waals surface area contributed by atoms with Crippen molar-refractivity contribution in [3.8, 4) is 0 Å². The summed E-state index contributed by atoms with van der Waals surface area (Å²) in [4.78, 5) is 15.3. The van der Waals surface area contributed by atoms with Crippen LogP contribution in [0.5, 0.6) is 0 Å². The van der Waals surface area contributed by atoms with Crippen molar-refractivity contribution in [3.63, 3.8) is 0 Å². The molecule has 100 valence electrons. The Morgan fingerprint density at radius 3 is 2.89 bits per heavy atom. The fourth-order valence-corrected chi connectivity index (χ4v) is 2.02. The van der Waals surface area contributed by atoms with Crippen molar-refractivity contribution in [1.82, 2.24) is 4.98 Å². The van der Waals surface area contributed by atoms with Gasteiger partial charge in [0.25, 0.3) is 0 Å². The lowest BCUT2D eigenvalue weighted by Gasteiger charge is -2.09. The van der Waals surface area contributed by atoms with E-state index in [9.17, 15) is 4.79 Å². The summed E-state index contributed by atoms with van der Waals surface area (Å²) in [5.74, 6) is -0.153. The first-order valence-corrected chi connectivity index (χ1v) is 6.58. The Morgan fingerprint density at radius 2 is 2.16 bits per heavy atom. The molecule has 4 heteroatoms. The van der Waals surface area contributed by atoms with Crippen molar-refractivity contribution < 1.29 is 9.90 Å². The van der Waals surface area contributed by atoms with E-state index >= 15 is 0 Å². The number of carboxylic acid groups (broad SMARTS) is 1. The summed E-state index contributed by atoms with van der Waals surface area (Å²) >= 11 is 0. The molecule has 1 aromatic carbocycles. The molecule has 0 atom stereocenters. The summed E-state index contributed by atoms with van der Waals surface area (Å²) in [6, 6.07) is 6.99. The average molecular weight is 258 g/mol. The molecule has 0 fully saturated rings. The van der Waals surface area contributed by atoms with Crippen LogP contribution in [0.15, 0.2) is 30.5 Å². The molecule has 1 heterocycles. The number of fused-ring (bicyclic) bond motifs is 1. The summed E-state index contributed by atoms with van der Waals surface area (Å²) in [7, 11) is 0. The molecule has 0 saturated heterocycles. The zero-order valence-electron chi connectivity index (χ0n) is 11.0. The SMILES string of the molecule is CCCCCNc1nccc2ccc(C(=O)O)cc12. The third-order valence-electron chi connectivity index (χ3n) is 3.09. The Kier molecular flexibility index (Phi) is 4.34. The van der Waals surface area contributed by atoms with Crippen LogP contribution < -0.4 is 5.32 Å². The lowest BCUT2D eigenvalue weighted by atomic mass is 10.1. The van der Waals surface area contributed by atoms with Crippen LogP contribution in [0.3, 0.4) is 0 Å². The molecule has 0 aliphatic heterocycles. The number of benzene rings is 1. The van der Waals surface area contributed by atoms with Crippen LogP contribution in [0.2, 0.25) is 0 Å². The average Bonchev–Trinajstić information content (AvgIpc) is 2.43. The summed E-state index contributed by atoms with van der Waals surface area (Å²) in [5, 5.41) is 14.2. The minimum atomic E-state index is -0.914. The van der Waals surface area contributed by atoms with Gasteiger partial charge in [-0.05, 0) is 30.0 Å². The van der Waals surface area contributed by atoms with Crippen LogP contribution in [0.4, 0.5) is 5.82 Å². The highest BCUT2D eigenvalue weighted by Crippen LogP contribution is 2.22. The van der Waals surface area contributed by atoms with E-state index in [1.807, 2.05) is 12.1 Å². The van der Waals surface area contributed by atoms with Crippen molar-refractivity contribution in [3.05, 3.63) is 36.0 Å². The number of hydrogen-bond acceptors (Lipinski definition) is 3. The second-order valence-corrected chi connectivity index (χ2v) is 4.53. The number of carboxylic acids is 1. The standard InChI is InChI=1S/C15H18N2O2/c1-2-3-4-8-16-14-13-10-12(15(18)19)6-5-11(13)7-9-17-14/h5-7,9-10H,2-4,8H2,1H3,(H,16,17)(H,18,19). The third-order valence-corrected chi connectivity index (χ3v) is 3.09. The number of hydrogen-bond donors (Lipinski definition) is 2. The van der Waals surface area contributed by atoms with Gasteiger partial charge in [-0.15, -0.1) is 0 Å². The molecule has 0 unspecified atom stereocenters. The molecule has 4 nitrogen and oxygen atoms in total. The number of unbranched alkanes of at least 4 members (excludes halogenated alkanes) is 2. The van der Waals surface area contributed by atoms with Gasteiger partial charge in [-0.3, -0.25) is 0 Å². The number of aromatic nitrogens is 1. The van der Waals surface area contributed by atoms with Crippen LogP contribution in [0, 0.1) is 0 Å². The number of pyridine rings is 1. The largest absolute Gasteiger partial charge is 0.478 e. The first kappa shape index (κ1) is 13.3. The number of rotatable bonds is 6. The van der Waals surface area contributed by atoms with Crippen molar-refractivity contribution in [2.75, 3.05) is 11.9 Å². The van der Waals surface area contributed by atoms with Crippen LogP contribution >= 0.6 is 0 Å². The number of nitrogens with zero attached hydrogens (tertiary/aromatic N) is 1. The van der Waals surface area contributed by atoms with Crippen molar-refractivity contribution in [2.45, 2.75) is 26.2 Å². The van der Waals surface area contributed by atoms with Gasteiger partial charge in [0.15, 0.2) is 0 Å². The van der Waals surface area contributed by atoms with E-state index in [0.717, 1.165) is 29.6 Å². The molecule has 0 amide bonds. The van der Waals surface area contributed by atoms with Gasteiger partial charge in [-0.25, -0.2) is 9.78 Å². The van der Waals surface area contributed by atoms with Gasteiger partial charge < -0.3 is 10.4 Å². The normalized spacial score (nSPS) is 10.6. The summed E-state index contributed by atoms with van der Waals surface area (Å²) in [6.07, 6.45) is 5.18. The molecule has 2 N–H and O–H groups in total. The molecule has 0 spiro atoms. The maximum Gasteiger partial charge on any atom is 0.335 e. The maximum absolute atomic E-state index is 11.0. The van der Waals surface area contributed by atoms with E-state index in [1.165, 1.54) is 12.8 Å². The smallest absolute Gasteiger partial charge is 0.335 e. The molecule has 0 saturated carbocycles. The first-order valence-electron chi connectivity index (χ1n) is 6.58.